The summed E-state index contributed by atoms with van der Waals surface area (Å²) in [5.74, 6) is -0.247. The molecule has 1 aromatic heterocycles. The molecule has 0 spiro atoms. The van der Waals surface area contributed by atoms with Crippen LogP contribution < -0.4 is 0 Å². The summed E-state index contributed by atoms with van der Waals surface area (Å²) >= 11 is 5.95. The van der Waals surface area contributed by atoms with E-state index in [9.17, 15) is 4.39 Å². The Hall–Kier alpha value is -1.48. The van der Waals surface area contributed by atoms with Crippen molar-refractivity contribution in [2.75, 3.05) is 0 Å². The number of hydrogen-bond acceptors (Lipinski definition) is 2. The molecular weight excluding hydrogens is 227 g/mol. The minimum Gasteiger partial charge on any atom is -0.256 e. The normalized spacial score (nSPS) is 12.4. The highest BCUT2D eigenvalue weighted by Gasteiger charge is 2.13. The molecule has 2 rings (SSSR count). The fourth-order valence-corrected chi connectivity index (χ4v) is 1.80. The van der Waals surface area contributed by atoms with Crippen LogP contribution in [-0.4, -0.2) is 9.97 Å². The second kappa shape index (κ2) is 4.58. The first-order valence-corrected chi connectivity index (χ1v) is 5.28. The zero-order chi connectivity index (χ0) is 11.5. The van der Waals surface area contributed by atoms with E-state index in [0.29, 0.717) is 10.8 Å². The predicted molar refractivity (Wildman–Crippen MR) is 61.0 cm³/mol. The summed E-state index contributed by atoms with van der Waals surface area (Å²) in [6, 6.07) is 6.31. The summed E-state index contributed by atoms with van der Waals surface area (Å²) in [7, 11) is 0. The third-order valence-corrected chi connectivity index (χ3v) is 2.75. The molecule has 0 saturated heterocycles. The van der Waals surface area contributed by atoms with Crippen molar-refractivity contribution in [2.24, 2.45) is 0 Å². The molecule has 0 fully saturated rings. The van der Waals surface area contributed by atoms with Gasteiger partial charge < -0.3 is 0 Å². The van der Waals surface area contributed by atoms with Crippen molar-refractivity contribution in [1.82, 2.24) is 9.97 Å². The van der Waals surface area contributed by atoms with Gasteiger partial charge in [0, 0.05) is 18.3 Å². The van der Waals surface area contributed by atoms with Crippen LogP contribution in [0.15, 0.2) is 36.7 Å². The SMILES string of the molecule is CC(c1ccc(F)cc1)c1nccnc1Cl. The molecule has 0 aliphatic rings. The van der Waals surface area contributed by atoms with Gasteiger partial charge in [-0.3, -0.25) is 4.98 Å². The van der Waals surface area contributed by atoms with Gasteiger partial charge in [0.15, 0.2) is 5.15 Å². The van der Waals surface area contributed by atoms with Crippen molar-refractivity contribution in [3.8, 4) is 0 Å². The Bertz CT molecular complexity index is 485. The number of nitrogens with zero attached hydrogens (tertiary/aromatic N) is 2. The minimum atomic E-state index is -0.249. The van der Waals surface area contributed by atoms with Gasteiger partial charge >= 0.3 is 0 Å². The van der Waals surface area contributed by atoms with Crippen LogP contribution in [0, 0.1) is 5.82 Å². The molecular formula is C12H10ClFN2. The molecule has 1 aromatic carbocycles. The molecule has 0 N–H and O–H groups in total. The summed E-state index contributed by atoms with van der Waals surface area (Å²) in [6.07, 6.45) is 3.14. The Morgan fingerprint density at radius 2 is 1.75 bits per heavy atom. The molecule has 0 aliphatic heterocycles. The van der Waals surface area contributed by atoms with Crippen molar-refractivity contribution in [2.45, 2.75) is 12.8 Å². The highest BCUT2D eigenvalue weighted by atomic mass is 35.5. The van der Waals surface area contributed by atoms with Gasteiger partial charge in [0.2, 0.25) is 0 Å². The number of rotatable bonds is 2. The fourth-order valence-electron chi connectivity index (χ4n) is 1.53. The standard InChI is InChI=1S/C12H10ClFN2/c1-8(9-2-4-10(14)5-3-9)11-12(13)16-7-6-15-11/h2-8H,1H3. The Morgan fingerprint density at radius 3 is 2.38 bits per heavy atom. The number of aromatic nitrogens is 2. The van der Waals surface area contributed by atoms with E-state index < -0.39 is 0 Å². The van der Waals surface area contributed by atoms with Gasteiger partial charge in [0.05, 0.1) is 5.69 Å². The third-order valence-electron chi connectivity index (χ3n) is 2.46. The maximum Gasteiger partial charge on any atom is 0.151 e. The van der Waals surface area contributed by atoms with Crippen molar-refractivity contribution >= 4 is 11.6 Å². The van der Waals surface area contributed by atoms with E-state index >= 15 is 0 Å². The maximum atomic E-state index is 12.8. The third kappa shape index (κ3) is 2.19. The van der Waals surface area contributed by atoms with Crippen LogP contribution in [0.4, 0.5) is 4.39 Å². The monoisotopic (exact) mass is 236 g/mol. The maximum absolute atomic E-state index is 12.8. The molecule has 2 aromatic rings. The summed E-state index contributed by atoms with van der Waals surface area (Å²) in [5, 5.41) is 0.388. The lowest BCUT2D eigenvalue weighted by molar-refractivity contribution is 0.626. The van der Waals surface area contributed by atoms with Gasteiger partial charge in [-0.1, -0.05) is 30.7 Å². The predicted octanol–water partition coefficient (Wildman–Crippen LogP) is 3.42. The Kier molecular flexibility index (Phi) is 3.15. The summed E-state index contributed by atoms with van der Waals surface area (Å²) in [4.78, 5) is 8.16. The number of benzene rings is 1. The molecule has 82 valence electrons. The minimum absolute atomic E-state index is 0.00167. The molecule has 0 radical (unpaired) electrons. The average molecular weight is 237 g/mol. The van der Waals surface area contributed by atoms with Gasteiger partial charge in [-0.25, -0.2) is 9.37 Å². The van der Waals surface area contributed by atoms with Crippen molar-refractivity contribution in [3.63, 3.8) is 0 Å². The smallest absolute Gasteiger partial charge is 0.151 e. The largest absolute Gasteiger partial charge is 0.256 e. The van der Waals surface area contributed by atoms with E-state index in [1.54, 1.807) is 24.5 Å². The highest BCUT2D eigenvalue weighted by molar-refractivity contribution is 6.30. The van der Waals surface area contributed by atoms with E-state index in [0.717, 1.165) is 5.56 Å². The van der Waals surface area contributed by atoms with Crippen LogP contribution >= 0.6 is 11.6 Å². The summed E-state index contributed by atoms with van der Waals surface area (Å²) in [5.41, 5.74) is 1.67. The van der Waals surface area contributed by atoms with Crippen LogP contribution in [0.5, 0.6) is 0 Å². The molecule has 1 heterocycles. The van der Waals surface area contributed by atoms with E-state index in [4.69, 9.17) is 11.6 Å². The lowest BCUT2D eigenvalue weighted by Gasteiger charge is -2.11. The van der Waals surface area contributed by atoms with Crippen LogP contribution in [-0.2, 0) is 0 Å². The van der Waals surface area contributed by atoms with E-state index in [-0.39, 0.29) is 11.7 Å². The van der Waals surface area contributed by atoms with Gasteiger partial charge in [-0.05, 0) is 17.7 Å². The first-order chi connectivity index (χ1) is 7.68. The summed E-state index contributed by atoms with van der Waals surface area (Å²) in [6.45, 7) is 1.96. The lowest BCUT2D eigenvalue weighted by Crippen LogP contribution is -2.01. The highest BCUT2D eigenvalue weighted by Crippen LogP contribution is 2.26. The average Bonchev–Trinajstić information content (AvgIpc) is 2.30. The molecule has 0 bridgehead atoms. The van der Waals surface area contributed by atoms with Crippen molar-refractivity contribution in [3.05, 3.63) is 58.9 Å². The van der Waals surface area contributed by atoms with E-state index in [1.165, 1.54) is 12.1 Å². The fraction of sp³-hybridized carbons (Fsp3) is 0.167. The lowest BCUT2D eigenvalue weighted by atomic mass is 9.98. The van der Waals surface area contributed by atoms with Gasteiger partial charge in [0.25, 0.3) is 0 Å². The molecule has 1 unspecified atom stereocenters. The Morgan fingerprint density at radius 1 is 1.12 bits per heavy atom. The van der Waals surface area contributed by atoms with Gasteiger partial charge in [-0.15, -0.1) is 0 Å². The van der Waals surface area contributed by atoms with Crippen molar-refractivity contribution < 1.29 is 4.39 Å². The molecule has 0 saturated carbocycles. The second-order valence-corrected chi connectivity index (χ2v) is 3.86. The molecule has 0 aliphatic carbocycles. The zero-order valence-electron chi connectivity index (χ0n) is 8.69. The molecule has 1 atom stereocenters. The van der Waals surface area contributed by atoms with E-state index in [2.05, 4.69) is 9.97 Å². The van der Waals surface area contributed by atoms with Crippen LogP contribution in [0.3, 0.4) is 0 Å². The number of halogens is 2. The molecule has 0 amide bonds. The molecule has 4 heteroatoms. The molecule has 2 nitrogen and oxygen atoms in total. The van der Waals surface area contributed by atoms with Crippen LogP contribution in [0.2, 0.25) is 5.15 Å². The van der Waals surface area contributed by atoms with Gasteiger partial charge in [0.1, 0.15) is 5.82 Å². The van der Waals surface area contributed by atoms with Crippen LogP contribution in [0.1, 0.15) is 24.1 Å². The van der Waals surface area contributed by atoms with E-state index in [1.807, 2.05) is 6.92 Å². The topological polar surface area (TPSA) is 25.8 Å². The Labute approximate surface area is 98.1 Å². The quantitative estimate of drug-likeness (QED) is 0.799. The second-order valence-electron chi connectivity index (χ2n) is 3.51. The zero-order valence-corrected chi connectivity index (χ0v) is 9.45. The summed E-state index contributed by atoms with van der Waals surface area (Å²) < 4.78 is 12.8. The first-order valence-electron chi connectivity index (χ1n) is 4.90. The van der Waals surface area contributed by atoms with Gasteiger partial charge in [-0.2, -0.15) is 0 Å². The Balaban J connectivity index is 2.35. The first kappa shape index (κ1) is 11.0. The van der Waals surface area contributed by atoms with Crippen molar-refractivity contribution in [1.29, 1.82) is 0 Å². The molecule has 16 heavy (non-hydrogen) atoms. The van der Waals surface area contributed by atoms with Crippen LogP contribution in [0.25, 0.3) is 0 Å². The number of hydrogen-bond donors (Lipinski definition) is 0.